The van der Waals surface area contributed by atoms with E-state index in [9.17, 15) is 13.6 Å². The summed E-state index contributed by atoms with van der Waals surface area (Å²) in [7, 11) is 0. The van der Waals surface area contributed by atoms with Gasteiger partial charge >= 0.3 is 5.97 Å². The topological polar surface area (TPSA) is 39.2 Å². The summed E-state index contributed by atoms with van der Waals surface area (Å²) < 4.78 is 32.1. The highest BCUT2D eigenvalue weighted by Crippen LogP contribution is 2.35. The van der Waals surface area contributed by atoms with Crippen LogP contribution in [0, 0.1) is 31.4 Å². The SMILES string of the molecule is Cc1nc2cc(F)c(F)cc2c(OC(=O)C2CC2)c1C. The second-order valence-corrected chi connectivity index (χ2v) is 5.13. The molecular formula is C15H13F2NO2. The minimum atomic E-state index is -0.980. The molecule has 1 aliphatic carbocycles. The normalized spacial score (nSPS) is 14.6. The molecule has 0 atom stereocenters. The van der Waals surface area contributed by atoms with E-state index < -0.39 is 11.6 Å². The second-order valence-electron chi connectivity index (χ2n) is 5.13. The molecule has 1 saturated carbocycles. The number of nitrogens with zero attached hydrogens (tertiary/aromatic N) is 1. The van der Waals surface area contributed by atoms with Crippen molar-refractivity contribution in [1.82, 2.24) is 4.98 Å². The van der Waals surface area contributed by atoms with Crippen molar-refractivity contribution < 1.29 is 18.3 Å². The third-order valence-electron chi connectivity index (χ3n) is 3.57. The van der Waals surface area contributed by atoms with Gasteiger partial charge in [-0.2, -0.15) is 0 Å². The Labute approximate surface area is 114 Å². The first-order valence-corrected chi connectivity index (χ1v) is 6.45. The van der Waals surface area contributed by atoms with Gasteiger partial charge in [-0.3, -0.25) is 9.78 Å². The summed E-state index contributed by atoms with van der Waals surface area (Å²) in [5, 5.41) is 0.320. The molecule has 1 aliphatic rings. The molecule has 104 valence electrons. The van der Waals surface area contributed by atoms with Gasteiger partial charge in [0, 0.05) is 22.7 Å². The smallest absolute Gasteiger partial charge is 0.314 e. The minimum Gasteiger partial charge on any atom is -0.425 e. The van der Waals surface area contributed by atoms with Crippen molar-refractivity contribution in [2.75, 3.05) is 0 Å². The Bertz CT molecular complexity index is 718. The number of ether oxygens (including phenoxy) is 1. The number of benzene rings is 1. The summed E-state index contributed by atoms with van der Waals surface area (Å²) in [5.41, 5.74) is 1.57. The third kappa shape index (κ3) is 2.13. The first-order chi connectivity index (χ1) is 9.47. The Morgan fingerprint density at radius 3 is 2.55 bits per heavy atom. The number of pyridine rings is 1. The van der Waals surface area contributed by atoms with Crippen LogP contribution in [0.2, 0.25) is 0 Å². The van der Waals surface area contributed by atoms with Crippen LogP contribution >= 0.6 is 0 Å². The molecule has 0 spiro atoms. The molecule has 0 N–H and O–H groups in total. The van der Waals surface area contributed by atoms with E-state index in [1.807, 2.05) is 0 Å². The number of hydrogen-bond acceptors (Lipinski definition) is 3. The van der Waals surface area contributed by atoms with E-state index in [1.165, 1.54) is 0 Å². The fraction of sp³-hybridized carbons (Fsp3) is 0.333. The summed E-state index contributed by atoms with van der Waals surface area (Å²) in [6.07, 6.45) is 1.64. The van der Waals surface area contributed by atoms with Crippen LogP contribution in [0.25, 0.3) is 10.9 Å². The molecule has 1 fully saturated rings. The summed E-state index contributed by atoms with van der Waals surface area (Å²) in [4.78, 5) is 16.0. The Morgan fingerprint density at radius 2 is 1.90 bits per heavy atom. The average molecular weight is 277 g/mol. The highest BCUT2D eigenvalue weighted by molar-refractivity contribution is 5.90. The zero-order valence-electron chi connectivity index (χ0n) is 11.2. The van der Waals surface area contributed by atoms with Gasteiger partial charge < -0.3 is 4.74 Å². The fourth-order valence-corrected chi connectivity index (χ4v) is 2.08. The maximum atomic E-state index is 13.4. The van der Waals surface area contributed by atoms with Gasteiger partial charge in [0.05, 0.1) is 11.4 Å². The lowest BCUT2D eigenvalue weighted by Gasteiger charge is -2.12. The van der Waals surface area contributed by atoms with Gasteiger partial charge in [0.25, 0.3) is 0 Å². The standard InChI is InChI=1S/C15H13F2NO2/c1-7-8(2)18-13-6-12(17)11(16)5-10(13)14(7)20-15(19)9-3-4-9/h5-6,9H,3-4H2,1-2H3. The largest absolute Gasteiger partial charge is 0.425 e. The zero-order chi connectivity index (χ0) is 14.4. The Morgan fingerprint density at radius 1 is 1.25 bits per heavy atom. The molecule has 2 aromatic rings. The zero-order valence-corrected chi connectivity index (χ0v) is 11.2. The van der Waals surface area contributed by atoms with Crippen molar-refractivity contribution in [3.05, 3.63) is 35.0 Å². The molecule has 0 radical (unpaired) electrons. The lowest BCUT2D eigenvalue weighted by Crippen LogP contribution is -2.12. The highest BCUT2D eigenvalue weighted by Gasteiger charge is 2.32. The average Bonchev–Trinajstić information content (AvgIpc) is 3.22. The van der Waals surface area contributed by atoms with Crippen LogP contribution in [0.4, 0.5) is 8.78 Å². The van der Waals surface area contributed by atoms with Crippen LogP contribution in [0.15, 0.2) is 12.1 Å². The first kappa shape index (κ1) is 13.0. The lowest BCUT2D eigenvalue weighted by atomic mass is 10.1. The molecule has 3 rings (SSSR count). The van der Waals surface area contributed by atoms with Gasteiger partial charge in [0.2, 0.25) is 0 Å². The van der Waals surface area contributed by atoms with E-state index in [2.05, 4.69) is 4.98 Å². The summed E-state index contributed by atoms with van der Waals surface area (Å²) in [6, 6.07) is 2.05. The quantitative estimate of drug-likeness (QED) is 0.789. The fourth-order valence-electron chi connectivity index (χ4n) is 2.08. The van der Waals surface area contributed by atoms with E-state index in [-0.39, 0.29) is 23.2 Å². The third-order valence-corrected chi connectivity index (χ3v) is 3.57. The highest BCUT2D eigenvalue weighted by atomic mass is 19.2. The monoisotopic (exact) mass is 277 g/mol. The van der Waals surface area contributed by atoms with Crippen molar-refractivity contribution in [3.63, 3.8) is 0 Å². The summed E-state index contributed by atoms with van der Waals surface area (Å²) >= 11 is 0. The van der Waals surface area contributed by atoms with E-state index >= 15 is 0 Å². The summed E-state index contributed by atoms with van der Waals surface area (Å²) in [6.45, 7) is 3.49. The number of aromatic nitrogens is 1. The molecule has 1 aromatic heterocycles. The van der Waals surface area contributed by atoms with E-state index in [0.29, 0.717) is 16.6 Å². The maximum absolute atomic E-state index is 13.4. The Balaban J connectivity index is 2.18. The first-order valence-electron chi connectivity index (χ1n) is 6.45. The van der Waals surface area contributed by atoms with Crippen LogP contribution in [0.3, 0.4) is 0 Å². The second kappa shape index (κ2) is 4.51. The van der Waals surface area contributed by atoms with Crippen LogP contribution in [-0.2, 0) is 4.79 Å². The van der Waals surface area contributed by atoms with Crippen molar-refractivity contribution in [3.8, 4) is 5.75 Å². The number of aryl methyl sites for hydroxylation is 1. The molecule has 0 aliphatic heterocycles. The lowest BCUT2D eigenvalue weighted by molar-refractivity contribution is -0.135. The van der Waals surface area contributed by atoms with Crippen molar-refractivity contribution in [1.29, 1.82) is 0 Å². The number of halogens is 2. The number of rotatable bonds is 2. The van der Waals surface area contributed by atoms with Gasteiger partial charge in [-0.05, 0) is 32.8 Å². The van der Waals surface area contributed by atoms with Gasteiger partial charge in [0.1, 0.15) is 5.75 Å². The molecule has 0 saturated heterocycles. The van der Waals surface area contributed by atoms with Crippen LogP contribution in [-0.4, -0.2) is 11.0 Å². The molecule has 20 heavy (non-hydrogen) atoms. The number of esters is 1. The number of fused-ring (bicyclic) bond motifs is 1. The Kier molecular flexibility index (Phi) is 2.92. The van der Waals surface area contributed by atoms with Gasteiger partial charge in [-0.15, -0.1) is 0 Å². The van der Waals surface area contributed by atoms with E-state index in [1.54, 1.807) is 13.8 Å². The Hall–Kier alpha value is -2.04. The van der Waals surface area contributed by atoms with Crippen LogP contribution < -0.4 is 4.74 Å². The molecule has 1 heterocycles. The van der Waals surface area contributed by atoms with Gasteiger partial charge in [-0.1, -0.05) is 0 Å². The van der Waals surface area contributed by atoms with Crippen molar-refractivity contribution in [2.45, 2.75) is 26.7 Å². The molecule has 0 unspecified atom stereocenters. The molecule has 0 bridgehead atoms. The number of carbonyl (C=O) groups excluding carboxylic acids is 1. The molecule has 1 aromatic carbocycles. The van der Waals surface area contributed by atoms with Crippen molar-refractivity contribution in [2.24, 2.45) is 5.92 Å². The van der Waals surface area contributed by atoms with E-state index in [4.69, 9.17) is 4.74 Å². The molecule has 5 heteroatoms. The van der Waals surface area contributed by atoms with Crippen LogP contribution in [0.1, 0.15) is 24.1 Å². The molecule has 3 nitrogen and oxygen atoms in total. The molecule has 0 amide bonds. The van der Waals surface area contributed by atoms with Crippen molar-refractivity contribution >= 4 is 16.9 Å². The minimum absolute atomic E-state index is 0.0665. The predicted molar refractivity (Wildman–Crippen MR) is 69.5 cm³/mol. The van der Waals surface area contributed by atoms with Crippen LogP contribution in [0.5, 0.6) is 5.75 Å². The predicted octanol–water partition coefficient (Wildman–Crippen LogP) is 3.45. The summed E-state index contributed by atoms with van der Waals surface area (Å²) in [5.74, 6) is -2.05. The number of carbonyl (C=O) groups is 1. The van der Waals surface area contributed by atoms with E-state index in [0.717, 1.165) is 25.0 Å². The van der Waals surface area contributed by atoms with Gasteiger partial charge in [0.15, 0.2) is 11.6 Å². The van der Waals surface area contributed by atoms with Gasteiger partial charge in [-0.25, -0.2) is 8.78 Å². The molecular weight excluding hydrogens is 264 g/mol. The maximum Gasteiger partial charge on any atom is 0.314 e. The number of hydrogen-bond donors (Lipinski definition) is 0.